The van der Waals surface area contributed by atoms with E-state index >= 15 is 0 Å². The Morgan fingerprint density at radius 3 is 3.13 bits per heavy atom. The Kier molecular flexibility index (Phi) is 3.62. The van der Waals surface area contributed by atoms with Crippen LogP contribution in [0.25, 0.3) is 0 Å². The average molecular weight is 269 g/mol. The van der Waals surface area contributed by atoms with Gasteiger partial charge >= 0.3 is 0 Å². The van der Waals surface area contributed by atoms with Crippen LogP contribution in [0.5, 0.6) is 0 Å². The molecule has 1 aliphatic rings. The van der Waals surface area contributed by atoms with Crippen LogP contribution in [0, 0.1) is 5.92 Å². The first kappa shape index (κ1) is 10.9. The van der Waals surface area contributed by atoms with Gasteiger partial charge in [0.1, 0.15) is 5.82 Å². The lowest BCUT2D eigenvalue weighted by molar-refractivity contribution is 0.488. The minimum Gasteiger partial charge on any atom is -0.366 e. The van der Waals surface area contributed by atoms with E-state index < -0.39 is 0 Å². The first-order valence-corrected chi connectivity index (χ1v) is 6.47. The minimum atomic E-state index is 0.612. The van der Waals surface area contributed by atoms with Gasteiger partial charge in [0.25, 0.3) is 0 Å². The molecule has 0 aromatic carbocycles. The van der Waals surface area contributed by atoms with Crippen LogP contribution < -0.4 is 5.32 Å². The van der Waals surface area contributed by atoms with Gasteiger partial charge in [0.15, 0.2) is 0 Å². The van der Waals surface area contributed by atoms with Crippen molar-refractivity contribution >= 4 is 21.7 Å². The Morgan fingerprint density at radius 2 is 2.40 bits per heavy atom. The van der Waals surface area contributed by atoms with Crippen molar-refractivity contribution in [3.63, 3.8) is 0 Å². The summed E-state index contributed by atoms with van der Waals surface area (Å²) in [5.74, 6) is 1.81. The summed E-state index contributed by atoms with van der Waals surface area (Å²) in [5, 5.41) is 3.55. The molecule has 15 heavy (non-hydrogen) atoms. The molecule has 0 radical (unpaired) electrons. The van der Waals surface area contributed by atoms with Gasteiger partial charge in [-0.15, -0.1) is 0 Å². The van der Waals surface area contributed by atoms with Crippen LogP contribution in [0.4, 0.5) is 5.82 Å². The molecule has 2 nitrogen and oxygen atoms in total. The fourth-order valence-electron chi connectivity index (χ4n) is 2.38. The largest absolute Gasteiger partial charge is 0.366 e. The minimum absolute atomic E-state index is 0.612. The van der Waals surface area contributed by atoms with Crippen molar-refractivity contribution in [1.29, 1.82) is 0 Å². The zero-order chi connectivity index (χ0) is 10.7. The second-order valence-electron chi connectivity index (χ2n) is 4.18. The van der Waals surface area contributed by atoms with Crippen molar-refractivity contribution < 1.29 is 0 Å². The summed E-state index contributed by atoms with van der Waals surface area (Å²) in [5.41, 5.74) is 0. The SMILES string of the molecule is CCC1CCCC1Nc1ncccc1Br. The molecule has 1 aromatic heterocycles. The Labute approximate surface area is 99.6 Å². The van der Waals surface area contributed by atoms with Gasteiger partial charge < -0.3 is 5.32 Å². The van der Waals surface area contributed by atoms with E-state index in [2.05, 4.69) is 33.2 Å². The molecule has 2 rings (SSSR count). The van der Waals surface area contributed by atoms with Gasteiger partial charge in [-0.25, -0.2) is 4.98 Å². The van der Waals surface area contributed by atoms with Crippen LogP contribution >= 0.6 is 15.9 Å². The predicted octanol–water partition coefficient (Wildman–Crippen LogP) is 3.83. The highest BCUT2D eigenvalue weighted by Crippen LogP contribution is 2.31. The zero-order valence-electron chi connectivity index (χ0n) is 9.04. The fourth-order valence-corrected chi connectivity index (χ4v) is 2.75. The predicted molar refractivity (Wildman–Crippen MR) is 67.0 cm³/mol. The third kappa shape index (κ3) is 2.51. The number of hydrogen-bond acceptors (Lipinski definition) is 2. The van der Waals surface area contributed by atoms with Gasteiger partial charge in [-0.1, -0.05) is 19.8 Å². The molecule has 82 valence electrons. The Hall–Kier alpha value is -0.570. The van der Waals surface area contributed by atoms with E-state index in [4.69, 9.17) is 0 Å². The Bertz CT molecular complexity index is 327. The Balaban J connectivity index is 2.05. The van der Waals surface area contributed by atoms with Crippen molar-refractivity contribution in [3.8, 4) is 0 Å². The second kappa shape index (κ2) is 4.97. The number of aromatic nitrogens is 1. The highest BCUT2D eigenvalue weighted by molar-refractivity contribution is 9.10. The summed E-state index contributed by atoms with van der Waals surface area (Å²) < 4.78 is 1.06. The maximum Gasteiger partial charge on any atom is 0.140 e. The maximum atomic E-state index is 4.35. The third-order valence-corrected chi connectivity index (χ3v) is 3.90. The molecule has 0 amide bonds. The van der Waals surface area contributed by atoms with Crippen LogP contribution in [-0.2, 0) is 0 Å². The lowest BCUT2D eigenvalue weighted by Gasteiger charge is -2.20. The summed E-state index contributed by atoms with van der Waals surface area (Å²) in [6.45, 7) is 2.28. The standard InChI is InChI=1S/C12H17BrN2/c1-2-9-5-3-7-11(9)15-12-10(13)6-4-8-14-12/h4,6,8-9,11H,2-3,5,7H2,1H3,(H,14,15). The van der Waals surface area contributed by atoms with E-state index in [1.54, 1.807) is 0 Å². The summed E-state index contributed by atoms with van der Waals surface area (Å²) in [7, 11) is 0. The third-order valence-electron chi connectivity index (χ3n) is 3.26. The first-order chi connectivity index (χ1) is 7.31. The van der Waals surface area contributed by atoms with Crippen molar-refractivity contribution in [2.45, 2.75) is 38.6 Å². The molecule has 2 atom stereocenters. The van der Waals surface area contributed by atoms with E-state index in [-0.39, 0.29) is 0 Å². The quantitative estimate of drug-likeness (QED) is 0.901. The van der Waals surface area contributed by atoms with E-state index in [0.29, 0.717) is 6.04 Å². The van der Waals surface area contributed by atoms with Gasteiger partial charge in [-0.05, 0) is 46.8 Å². The normalized spacial score (nSPS) is 25.5. The van der Waals surface area contributed by atoms with Crippen molar-refractivity contribution in [2.75, 3.05) is 5.32 Å². The highest BCUT2D eigenvalue weighted by Gasteiger charge is 2.26. The molecule has 0 spiro atoms. The number of halogens is 1. The molecular weight excluding hydrogens is 252 g/mol. The summed E-state index contributed by atoms with van der Waals surface area (Å²) in [6.07, 6.45) is 7.09. The topological polar surface area (TPSA) is 24.9 Å². The lowest BCUT2D eigenvalue weighted by atomic mass is 10.0. The van der Waals surface area contributed by atoms with Crippen LogP contribution in [0.3, 0.4) is 0 Å². The van der Waals surface area contributed by atoms with Crippen LogP contribution in [0.15, 0.2) is 22.8 Å². The smallest absolute Gasteiger partial charge is 0.140 e. The van der Waals surface area contributed by atoms with Gasteiger partial charge in [0.05, 0.1) is 4.47 Å². The van der Waals surface area contributed by atoms with Crippen molar-refractivity contribution in [2.24, 2.45) is 5.92 Å². The molecule has 0 aliphatic heterocycles. The Morgan fingerprint density at radius 1 is 1.53 bits per heavy atom. The molecule has 1 heterocycles. The molecule has 2 unspecified atom stereocenters. The molecule has 0 saturated heterocycles. The van der Waals surface area contributed by atoms with Gasteiger partial charge in [-0.2, -0.15) is 0 Å². The molecule has 1 aliphatic carbocycles. The number of anilines is 1. The van der Waals surface area contributed by atoms with E-state index in [9.17, 15) is 0 Å². The van der Waals surface area contributed by atoms with E-state index in [0.717, 1.165) is 16.2 Å². The average Bonchev–Trinajstić information content (AvgIpc) is 2.69. The molecule has 0 bridgehead atoms. The van der Waals surface area contributed by atoms with Crippen molar-refractivity contribution in [1.82, 2.24) is 4.98 Å². The molecule has 3 heteroatoms. The van der Waals surface area contributed by atoms with Gasteiger partial charge in [-0.3, -0.25) is 0 Å². The molecule has 1 N–H and O–H groups in total. The summed E-state index contributed by atoms with van der Waals surface area (Å²) in [4.78, 5) is 4.35. The van der Waals surface area contributed by atoms with Gasteiger partial charge in [0, 0.05) is 12.2 Å². The van der Waals surface area contributed by atoms with Crippen LogP contribution in [0.1, 0.15) is 32.6 Å². The lowest BCUT2D eigenvalue weighted by Crippen LogP contribution is -2.24. The van der Waals surface area contributed by atoms with Crippen LogP contribution in [-0.4, -0.2) is 11.0 Å². The number of nitrogens with zero attached hydrogens (tertiary/aromatic N) is 1. The van der Waals surface area contributed by atoms with Crippen LogP contribution in [0.2, 0.25) is 0 Å². The highest BCUT2D eigenvalue weighted by atomic mass is 79.9. The van der Waals surface area contributed by atoms with Crippen molar-refractivity contribution in [3.05, 3.63) is 22.8 Å². The molecule has 1 aromatic rings. The second-order valence-corrected chi connectivity index (χ2v) is 5.04. The molecule has 1 fully saturated rings. The summed E-state index contributed by atoms with van der Waals surface area (Å²) in [6, 6.07) is 4.59. The summed E-state index contributed by atoms with van der Waals surface area (Å²) >= 11 is 3.52. The maximum absolute atomic E-state index is 4.35. The van der Waals surface area contributed by atoms with E-state index in [1.807, 2.05) is 18.3 Å². The molecule has 1 saturated carbocycles. The van der Waals surface area contributed by atoms with E-state index in [1.165, 1.54) is 25.7 Å². The number of pyridine rings is 1. The first-order valence-electron chi connectivity index (χ1n) is 5.68. The molecular formula is C12H17BrN2. The zero-order valence-corrected chi connectivity index (χ0v) is 10.6. The number of rotatable bonds is 3. The fraction of sp³-hybridized carbons (Fsp3) is 0.583. The monoisotopic (exact) mass is 268 g/mol. The number of nitrogens with one attached hydrogen (secondary N) is 1. The number of hydrogen-bond donors (Lipinski definition) is 1. The van der Waals surface area contributed by atoms with Gasteiger partial charge in [0.2, 0.25) is 0 Å².